The SMILES string of the molecule is Cl.Cl.NCCCC[C@@H](N)C(=O)NCCn1c2c(c3ccccc3c1=O)C(=O)c1ccccc1-2. The van der Waals surface area contributed by atoms with Crippen LogP contribution in [0.25, 0.3) is 22.0 Å². The molecule has 3 aromatic rings. The summed E-state index contributed by atoms with van der Waals surface area (Å²) in [6.45, 7) is 1.06. The lowest BCUT2D eigenvalue weighted by Gasteiger charge is -2.16. The van der Waals surface area contributed by atoms with Crippen molar-refractivity contribution in [1.82, 2.24) is 9.88 Å². The molecule has 0 saturated carbocycles. The second-order valence-electron chi connectivity index (χ2n) is 7.78. The van der Waals surface area contributed by atoms with Gasteiger partial charge in [0, 0.05) is 35.0 Å². The van der Waals surface area contributed by atoms with Crippen molar-refractivity contribution in [1.29, 1.82) is 0 Å². The molecular formula is C24H28Cl2N4O3. The number of fused-ring (bicyclic) bond motifs is 5. The topological polar surface area (TPSA) is 120 Å². The Kier molecular flexibility index (Phi) is 9.19. The van der Waals surface area contributed by atoms with E-state index >= 15 is 0 Å². The zero-order valence-corrected chi connectivity index (χ0v) is 19.7. The highest BCUT2D eigenvalue weighted by Crippen LogP contribution is 2.38. The molecule has 7 nitrogen and oxygen atoms in total. The highest BCUT2D eigenvalue weighted by Gasteiger charge is 2.32. The Balaban J connectivity index is 0.00000193. The van der Waals surface area contributed by atoms with Crippen LogP contribution >= 0.6 is 24.8 Å². The van der Waals surface area contributed by atoms with E-state index in [1.165, 1.54) is 0 Å². The first kappa shape index (κ1) is 26.5. The highest BCUT2D eigenvalue weighted by atomic mass is 35.5. The van der Waals surface area contributed by atoms with E-state index in [1.54, 1.807) is 22.8 Å². The predicted octanol–water partition coefficient (Wildman–Crippen LogP) is 2.63. The number of carbonyl (C=O) groups excluding carboxylic acids is 2. The van der Waals surface area contributed by atoms with Gasteiger partial charge in [-0.15, -0.1) is 24.8 Å². The van der Waals surface area contributed by atoms with Crippen molar-refractivity contribution < 1.29 is 9.59 Å². The quantitative estimate of drug-likeness (QED) is 0.328. The van der Waals surface area contributed by atoms with E-state index < -0.39 is 6.04 Å². The average molecular weight is 491 g/mol. The fraction of sp³-hybridized carbons (Fsp3) is 0.292. The summed E-state index contributed by atoms with van der Waals surface area (Å²) in [6, 6.07) is 13.9. The van der Waals surface area contributed by atoms with Gasteiger partial charge < -0.3 is 21.4 Å². The Bertz CT molecular complexity index is 1230. The molecule has 2 aromatic carbocycles. The zero-order valence-electron chi connectivity index (χ0n) is 18.1. The maximum Gasteiger partial charge on any atom is 0.259 e. The number of nitrogens with one attached hydrogen (secondary N) is 1. The number of hydrogen-bond acceptors (Lipinski definition) is 5. The molecule has 1 aliphatic carbocycles. The van der Waals surface area contributed by atoms with Gasteiger partial charge in [0.1, 0.15) is 0 Å². The number of carbonyl (C=O) groups is 2. The first-order chi connectivity index (χ1) is 15.0. The van der Waals surface area contributed by atoms with E-state index in [0.29, 0.717) is 40.6 Å². The molecule has 33 heavy (non-hydrogen) atoms. The maximum atomic E-state index is 13.3. The van der Waals surface area contributed by atoms with Crippen LogP contribution < -0.4 is 22.3 Å². The Morgan fingerprint density at radius 3 is 2.27 bits per heavy atom. The van der Waals surface area contributed by atoms with Crippen LogP contribution in [-0.4, -0.2) is 35.4 Å². The van der Waals surface area contributed by atoms with Gasteiger partial charge in [-0.05, 0) is 25.5 Å². The average Bonchev–Trinajstić information content (AvgIpc) is 3.09. The number of amides is 1. The molecule has 1 aromatic heterocycles. The summed E-state index contributed by atoms with van der Waals surface area (Å²) in [6.07, 6.45) is 2.19. The van der Waals surface area contributed by atoms with Crippen molar-refractivity contribution in [3.8, 4) is 11.3 Å². The van der Waals surface area contributed by atoms with Crippen LogP contribution in [0.5, 0.6) is 0 Å². The van der Waals surface area contributed by atoms with Crippen LogP contribution in [0.3, 0.4) is 0 Å². The second kappa shape index (κ2) is 11.4. The van der Waals surface area contributed by atoms with Crippen LogP contribution in [0, 0.1) is 0 Å². The Morgan fingerprint density at radius 2 is 1.58 bits per heavy atom. The van der Waals surface area contributed by atoms with E-state index in [1.807, 2.05) is 30.3 Å². The number of ketones is 1. The minimum atomic E-state index is -0.604. The number of nitrogens with two attached hydrogens (primary N) is 2. The van der Waals surface area contributed by atoms with Crippen LogP contribution in [0.15, 0.2) is 53.3 Å². The number of pyridine rings is 1. The minimum absolute atomic E-state index is 0. The van der Waals surface area contributed by atoms with Crippen molar-refractivity contribution in [2.24, 2.45) is 11.5 Å². The third-order valence-electron chi connectivity index (χ3n) is 5.77. The molecule has 1 atom stereocenters. The number of hydrogen-bond donors (Lipinski definition) is 3. The molecule has 4 rings (SSSR count). The van der Waals surface area contributed by atoms with Crippen LogP contribution in [0.2, 0.25) is 0 Å². The summed E-state index contributed by atoms with van der Waals surface area (Å²) in [5.74, 6) is -0.333. The van der Waals surface area contributed by atoms with Gasteiger partial charge in [0.05, 0.1) is 17.3 Å². The van der Waals surface area contributed by atoms with E-state index in [0.717, 1.165) is 18.4 Å². The molecule has 1 heterocycles. The predicted molar refractivity (Wildman–Crippen MR) is 135 cm³/mol. The first-order valence-corrected chi connectivity index (χ1v) is 10.6. The summed E-state index contributed by atoms with van der Waals surface area (Å²) in [5, 5.41) is 3.97. The van der Waals surface area contributed by atoms with Crippen LogP contribution in [-0.2, 0) is 11.3 Å². The molecule has 0 saturated heterocycles. The minimum Gasteiger partial charge on any atom is -0.353 e. The Labute approximate surface area is 204 Å². The van der Waals surface area contributed by atoms with Gasteiger partial charge in [0.2, 0.25) is 5.91 Å². The molecule has 0 spiro atoms. The molecular weight excluding hydrogens is 463 g/mol. The number of nitrogens with zero attached hydrogens (tertiary/aromatic N) is 1. The van der Waals surface area contributed by atoms with Gasteiger partial charge in [-0.1, -0.05) is 48.9 Å². The Morgan fingerprint density at radius 1 is 0.939 bits per heavy atom. The van der Waals surface area contributed by atoms with Crippen molar-refractivity contribution >= 4 is 47.3 Å². The van der Waals surface area contributed by atoms with Crippen molar-refractivity contribution in [2.45, 2.75) is 31.8 Å². The Hall–Kier alpha value is -2.71. The normalized spacial score (nSPS) is 12.4. The molecule has 9 heteroatoms. The fourth-order valence-electron chi connectivity index (χ4n) is 4.20. The van der Waals surface area contributed by atoms with E-state index in [4.69, 9.17) is 11.5 Å². The maximum absolute atomic E-state index is 13.3. The number of rotatable bonds is 8. The summed E-state index contributed by atoms with van der Waals surface area (Å²) < 4.78 is 1.60. The second-order valence-corrected chi connectivity index (χ2v) is 7.78. The first-order valence-electron chi connectivity index (χ1n) is 10.6. The van der Waals surface area contributed by atoms with E-state index in [-0.39, 0.29) is 55.2 Å². The van der Waals surface area contributed by atoms with Gasteiger partial charge in [-0.3, -0.25) is 14.4 Å². The van der Waals surface area contributed by atoms with E-state index in [2.05, 4.69) is 5.32 Å². The van der Waals surface area contributed by atoms with Gasteiger partial charge in [-0.25, -0.2) is 0 Å². The molecule has 0 unspecified atom stereocenters. The third kappa shape index (κ3) is 4.96. The molecule has 0 radical (unpaired) electrons. The van der Waals surface area contributed by atoms with Gasteiger partial charge in [-0.2, -0.15) is 0 Å². The molecule has 0 bridgehead atoms. The summed E-state index contributed by atoms with van der Waals surface area (Å²) >= 11 is 0. The van der Waals surface area contributed by atoms with Crippen molar-refractivity contribution in [3.63, 3.8) is 0 Å². The number of halogens is 2. The largest absolute Gasteiger partial charge is 0.353 e. The molecule has 0 fully saturated rings. The molecule has 1 aliphatic rings. The van der Waals surface area contributed by atoms with Crippen LogP contribution in [0.4, 0.5) is 0 Å². The van der Waals surface area contributed by atoms with Gasteiger partial charge in [0.15, 0.2) is 5.78 Å². The number of aromatic nitrogens is 1. The monoisotopic (exact) mass is 490 g/mol. The summed E-state index contributed by atoms with van der Waals surface area (Å²) in [4.78, 5) is 38.7. The van der Waals surface area contributed by atoms with E-state index in [9.17, 15) is 14.4 Å². The molecule has 1 amide bonds. The highest BCUT2D eigenvalue weighted by molar-refractivity contribution is 6.26. The zero-order chi connectivity index (χ0) is 22.0. The third-order valence-corrected chi connectivity index (χ3v) is 5.77. The molecule has 5 N–H and O–H groups in total. The smallest absolute Gasteiger partial charge is 0.259 e. The lowest BCUT2D eigenvalue weighted by Crippen LogP contribution is -2.42. The number of benzene rings is 2. The lowest BCUT2D eigenvalue weighted by atomic mass is 10.0. The summed E-state index contributed by atoms with van der Waals surface area (Å²) in [5.41, 5.74) is 13.7. The van der Waals surface area contributed by atoms with Crippen LogP contribution in [0.1, 0.15) is 35.2 Å². The fourth-order valence-corrected chi connectivity index (χ4v) is 4.20. The van der Waals surface area contributed by atoms with Crippen molar-refractivity contribution in [3.05, 3.63) is 70.0 Å². The van der Waals surface area contributed by atoms with Crippen molar-refractivity contribution in [2.75, 3.05) is 13.1 Å². The molecule has 0 aliphatic heterocycles. The van der Waals surface area contributed by atoms with Gasteiger partial charge >= 0.3 is 0 Å². The molecule has 176 valence electrons. The van der Waals surface area contributed by atoms with Gasteiger partial charge in [0.25, 0.3) is 5.56 Å². The lowest BCUT2D eigenvalue weighted by molar-refractivity contribution is -0.122. The number of unbranched alkanes of at least 4 members (excludes halogenated alkanes) is 1. The standard InChI is InChI=1S/C24H26N4O3.2ClH/c25-12-6-5-11-19(26)23(30)27-13-14-28-21-16-8-2-3-9-17(16)22(29)20(21)15-7-1-4-10-18(15)24(28)31;;/h1-4,7-10,19H,5-6,11-14,25-26H2,(H,27,30);2*1H/t19-;;/m1../s1. The summed E-state index contributed by atoms with van der Waals surface area (Å²) in [7, 11) is 0.